The smallest absolute Gasteiger partial charge is 0.282 e. The molecule has 0 spiro atoms. The minimum atomic E-state index is -0.322. The third-order valence-electron chi connectivity index (χ3n) is 6.27. The van der Waals surface area contributed by atoms with Crippen molar-refractivity contribution >= 4 is 46.3 Å². The molecule has 31 heavy (non-hydrogen) atoms. The van der Waals surface area contributed by atoms with E-state index in [0.717, 1.165) is 17.7 Å². The molecule has 1 aliphatic carbocycles. The number of halogens is 2. The summed E-state index contributed by atoms with van der Waals surface area (Å²) in [5, 5.41) is 15.8. The maximum Gasteiger partial charge on any atom is 0.282 e. The van der Waals surface area contributed by atoms with Gasteiger partial charge in [0.2, 0.25) is 0 Å². The third-order valence-corrected chi connectivity index (χ3v) is 8.62. The van der Waals surface area contributed by atoms with Crippen molar-refractivity contribution in [2.75, 3.05) is 5.32 Å². The fourth-order valence-corrected chi connectivity index (χ4v) is 7.07. The van der Waals surface area contributed by atoms with Gasteiger partial charge >= 0.3 is 0 Å². The molecule has 1 saturated carbocycles. The Labute approximate surface area is 195 Å². The van der Waals surface area contributed by atoms with Gasteiger partial charge in [0, 0.05) is 27.9 Å². The van der Waals surface area contributed by atoms with Crippen molar-refractivity contribution in [2.45, 2.75) is 33.9 Å². The van der Waals surface area contributed by atoms with Crippen LogP contribution in [0.1, 0.15) is 29.5 Å². The average molecular weight is 471 g/mol. The van der Waals surface area contributed by atoms with E-state index in [9.17, 15) is 10.1 Å². The lowest BCUT2D eigenvalue weighted by molar-refractivity contribution is -0.387. The van der Waals surface area contributed by atoms with Gasteiger partial charge in [0.15, 0.2) is 0 Å². The quantitative estimate of drug-likeness (QED) is 0.247. The molecular formula is C24H20Cl2N2O2S. The average Bonchev–Trinajstić information content (AvgIpc) is 3.10. The number of anilines is 1. The van der Waals surface area contributed by atoms with Crippen LogP contribution in [0.4, 0.5) is 11.4 Å². The standard InChI is InChI=1S/C24H20Cl2N2O2S/c25-15-10-11-18-16(12-15)22-17(24(27-18)14-6-2-1-3-7-14)13-21(23(22)26)31-20-9-5-4-8-19(20)28(29)30/h1-12,17,21-24,27H,13H2/t17-,21-,22+,23-,24-/m0/s1. The van der Waals surface area contributed by atoms with E-state index in [1.54, 1.807) is 12.1 Å². The second-order valence-electron chi connectivity index (χ2n) is 8.02. The van der Waals surface area contributed by atoms with Crippen molar-refractivity contribution < 1.29 is 4.92 Å². The molecule has 0 bridgehead atoms. The number of para-hydroxylation sites is 1. The van der Waals surface area contributed by atoms with E-state index in [1.807, 2.05) is 36.4 Å². The van der Waals surface area contributed by atoms with Crippen LogP contribution < -0.4 is 5.32 Å². The number of nitro groups is 1. The highest BCUT2D eigenvalue weighted by atomic mass is 35.5. The lowest BCUT2D eigenvalue weighted by Crippen LogP contribution is -2.31. The molecule has 0 saturated heterocycles. The van der Waals surface area contributed by atoms with Gasteiger partial charge in [-0.3, -0.25) is 10.1 Å². The molecule has 7 heteroatoms. The molecule has 0 aromatic heterocycles. The number of benzene rings is 3. The summed E-state index contributed by atoms with van der Waals surface area (Å²) in [6.07, 6.45) is 0.855. The van der Waals surface area contributed by atoms with Crippen LogP contribution in [0.5, 0.6) is 0 Å². The molecule has 4 nitrogen and oxygen atoms in total. The van der Waals surface area contributed by atoms with Gasteiger partial charge < -0.3 is 5.32 Å². The SMILES string of the molecule is O=[N+]([O-])c1ccccc1S[C@H]1C[C@H]2[C@@H](c3cc(Cl)ccc3N[C@H]2c2ccccc2)[C@H]1Cl. The first-order chi connectivity index (χ1) is 15.0. The second kappa shape index (κ2) is 8.38. The molecule has 1 N–H and O–H groups in total. The number of nitro benzene ring substituents is 1. The van der Waals surface area contributed by atoms with Crippen molar-refractivity contribution in [2.24, 2.45) is 5.92 Å². The molecule has 5 rings (SSSR count). The normalized spacial score (nSPS) is 26.6. The zero-order valence-electron chi connectivity index (χ0n) is 16.4. The molecule has 5 atom stereocenters. The van der Waals surface area contributed by atoms with Crippen molar-refractivity contribution in [3.63, 3.8) is 0 Å². The summed E-state index contributed by atoms with van der Waals surface area (Å²) in [6.45, 7) is 0. The highest BCUT2D eigenvalue weighted by Crippen LogP contribution is 2.58. The predicted octanol–water partition coefficient (Wildman–Crippen LogP) is 7.29. The highest BCUT2D eigenvalue weighted by Gasteiger charge is 2.50. The Morgan fingerprint density at radius 2 is 1.77 bits per heavy atom. The number of fused-ring (bicyclic) bond motifs is 3. The van der Waals surface area contributed by atoms with Gasteiger partial charge in [-0.25, -0.2) is 0 Å². The van der Waals surface area contributed by atoms with Gasteiger partial charge in [-0.15, -0.1) is 23.4 Å². The third kappa shape index (κ3) is 3.79. The molecule has 3 aromatic carbocycles. The van der Waals surface area contributed by atoms with Crippen molar-refractivity contribution in [1.82, 2.24) is 0 Å². The lowest BCUT2D eigenvalue weighted by atomic mass is 9.77. The molecular weight excluding hydrogens is 451 g/mol. The monoisotopic (exact) mass is 470 g/mol. The summed E-state index contributed by atoms with van der Waals surface area (Å²) in [7, 11) is 0. The molecule has 0 amide bonds. The largest absolute Gasteiger partial charge is 0.378 e. The summed E-state index contributed by atoms with van der Waals surface area (Å²) in [5.41, 5.74) is 3.54. The lowest BCUT2D eigenvalue weighted by Gasteiger charge is -2.38. The number of thioether (sulfide) groups is 1. The molecule has 1 fully saturated rings. The number of nitrogens with zero attached hydrogens (tertiary/aromatic N) is 1. The molecule has 2 aliphatic rings. The van der Waals surface area contributed by atoms with Gasteiger partial charge in [-0.2, -0.15) is 0 Å². The molecule has 3 aromatic rings. The molecule has 1 heterocycles. The summed E-state index contributed by atoms with van der Waals surface area (Å²) >= 11 is 15.0. The van der Waals surface area contributed by atoms with E-state index in [0.29, 0.717) is 9.92 Å². The Morgan fingerprint density at radius 3 is 2.55 bits per heavy atom. The van der Waals surface area contributed by atoms with Crippen molar-refractivity contribution in [3.8, 4) is 0 Å². The number of nitrogens with one attached hydrogen (secondary N) is 1. The Bertz CT molecular complexity index is 1130. The number of hydrogen-bond acceptors (Lipinski definition) is 4. The molecule has 0 radical (unpaired) electrons. The van der Waals surface area contributed by atoms with Crippen LogP contribution in [-0.2, 0) is 0 Å². The van der Waals surface area contributed by atoms with E-state index < -0.39 is 0 Å². The Kier molecular flexibility index (Phi) is 5.59. The summed E-state index contributed by atoms with van der Waals surface area (Å²) in [4.78, 5) is 11.8. The molecule has 0 unspecified atom stereocenters. The summed E-state index contributed by atoms with van der Waals surface area (Å²) in [6, 6.07) is 23.4. The van der Waals surface area contributed by atoms with Crippen molar-refractivity contribution in [3.05, 3.63) is 99.1 Å². The van der Waals surface area contributed by atoms with Crippen LogP contribution in [0.3, 0.4) is 0 Å². The zero-order valence-corrected chi connectivity index (χ0v) is 18.8. The topological polar surface area (TPSA) is 55.2 Å². The minimum Gasteiger partial charge on any atom is -0.378 e. The first-order valence-corrected chi connectivity index (χ1v) is 11.9. The van der Waals surface area contributed by atoms with E-state index in [-0.39, 0.29) is 39.1 Å². The zero-order chi connectivity index (χ0) is 21.5. The fraction of sp³-hybridized carbons (Fsp3) is 0.250. The fourth-order valence-electron chi connectivity index (χ4n) is 4.95. The Morgan fingerprint density at radius 1 is 1.03 bits per heavy atom. The van der Waals surface area contributed by atoms with Crippen molar-refractivity contribution in [1.29, 1.82) is 0 Å². The van der Waals surface area contributed by atoms with Crippen LogP contribution in [0, 0.1) is 16.0 Å². The van der Waals surface area contributed by atoms with E-state index in [1.165, 1.54) is 17.3 Å². The highest BCUT2D eigenvalue weighted by molar-refractivity contribution is 8.00. The van der Waals surface area contributed by atoms with Gasteiger partial charge in [-0.1, -0.05) is 54.1 Å². The number of hydrogen-bond donors (Lipinski definition) is 1. The van der Waals surface area contributed by atoms with Gasteiger partial charge in [0.05, 0.1) is 21.2 Å². The van der Waals surface area contributed by atoms with Crippen LogP contribution in [0.15, 0.2) is 77.7 Å². The van der Waals surface area contributed by atoms with Crippen LogP contribution in [0.2, 0.25) is 5.02 Å². The Hall–Kier alpha value is -2.21. The summed E-state index contributed by atoms with van der Waals surface area (Å²) < 4.78 is 0. The molecule has 1 aliphatic heterocycles. The number of alkyl halides is 1. The predicted molar refractivity (Wildman–Crippen MR) is 127 cm³/mol. The maximum absolute atomic E-state index is 11.5. The second-order valence-corrected chi connectivity index (χ2v) is 10.2. The first kappa shape index (κ1) is 20.7. The first-order valence-electron chi connectivity index (χ1n) is 10.2. The summed E-state index contributed by atoms with van der Waals surface area (Å²) in [5.74, 6) is 0.373. The van der Waals surface area contributed by atoms with Gasteiger partial charge in [-0.05, 0) is 47.7 Å². The van der Waals surface area contributed by atoms with Crippen LogP contribution in [0.25, 0.3) is 0 Å². The molecule has 158 valence electrons. The minimum absolute atomic E-state index is 0.0516. The number of rotatable bonds is 4. The van der Waals surface area contributed by atoms with E-state index in [2.05, 4.69) is 29.6 Å². The van der Waals surface area contributed by atoms with E-state index in [4.69, 9.17) is 23.2 Å². The Balaban J connectivity index is 1.53. The van der Waals surface area contributed by atoms with Crippen LogP contribution in [-0.4, -0.2) is 15.6 Å². The van der Waals surface area contributed by atoms with E-state index >= 15 is 0 Å². The van der Waals surface area contributed by atoms with Crippen LogP contribution >= 0.6 is 35.0 Å². The maximum atomic E-state index is 11.5. The van der Waals surface area contributed by atoms with Gasteiger partial charge in [0.25, 0.3) is 5.69 Å². The van der Waals surface area contributed by atoms with Gasteiger partial charge in [0.1, 0.15) is 0 Å².